The average molecular weight is 477 g/mol. The highest BCUT2D eigenvalue weighted by molar-refractivity contribution is 6.99. The Morgan fingerprint density at radius 2 is 1.62 bits per heavy atom. The minimum atomic E-state index is -2.46. The Hall–Kier alpha value is -1.97. The van der Waals surface area contributed by atoms with Crippen LogP contribution in [0.4, 0.5) is 0 Å². The molecule has 2 aromatic rings. The predicted octanol–water partition coefficient (Wildman–Crippen LogP) is 7.08. The van der Waals surface area contributed by atoms with Gasteiger partial charge in [-0.05, 0) is 54.4 Å². The smallest absolute Gasteiger partial charge is 0.261 e. The zero-order chi connectivity index (χ0) is 24.8. The quantitative estimate of drug-likeness (QED) is 0.220. The zero-order valence-corrected chi connectivity index (χ0v) is 23.2. The van der Waals surface area contributed by atoms with E-state index in [-0.39, 0.29) is 16.4 Å². The standard InChI is InChI=1S/C31H44O2Si/c1-25(21-23-31(6)22-13-16-26(2)29(31)32)15-14-24-33-34(30(3,4)5,27-17-9-7-10-18-27)28-19-11-8-12-20-28/h7-12,17-21,26H,13-16,22-24H2,1-6H3/b25-21+. The Kier molecular flexibility index (Phi) is 8.75. The van der Waals surface area contributed by atoms with Crippen molar-refractivity contribution >= 4 is 24.5 Å². The highest BCUT2D eigenvalue weighted by atomic mass is 28.4. The first-order chi connectivity index (χ1) is 16.1. The topological polar surface area (TPSA) is 26.3 Å². The maximum atomic E-state index is 12.7. The van der Waals surface area contributed by atoms with Gasteiger partial charge in [-0.15, -0.1) is 0 Å². The third kappa shape index (κ3) is 5.80. The van der Waals surface area contributed by atoms with Crippen molar-refractivity contribution in [1.29, 1.82) is 0 Å². The molecule has 0 N–H and O–H groups in total. The SMILES string of the molecule is C/C(=C\CC1(C)CCCC(C)C1=O)CCCO[Si](c1ccccc1)(c1ccccc1)C(C)(C)C. The molecule has 2 atom stereocenters. The highest BCUT2D eigenvalue weighted by Crippen LogP contribution is 2.39. The van der Waals surface area contributed by atoms with Gasteiger partial charge in [-0.25, -0.2) is 0 Å². The summed E-state index contributed by atoms with van der Waals surface area (Å²) in [5.41, 5.74) is 1.20. The Labute approximate surface area is 209 Å². The fraction of sp³-hybridized carbons (Fsp3) is 0.516. The van der Waals surface area contributed by atoms with E-state index in [0.29, 0.717) is 5.78 Å². The van der Waals surface area contributed by atoms with Gasteiger partial charge in [0.25, 0.3) is 8.32 Å². The molecule has 2 aromatic carbocycles. The highest BCUT2D eigenvalue weighted by Gasteiger charge is 2.49. The number of rotatable bonds is 9. The molecule has 0 saturated heterocycles. The van der Waals surface area contributed by atoms with Crippen molar-refractivity contribution in [3.63, 3.8) is 0 Å². The summed E-state index contributed by atoms with van der Waals surface area (Å²) in [5.74, 6) is 0.671. The maximum Gasteiger partial charge on any atom is 0.261 e. The summed E-state index contributed by atoms with van der Waals surface area (Å²) in [6.07, 6.45) is 8.44. The lowest BCUT2D eigenvalue weighted by molar-refractivity contribution is -0.134. The molecular formula is C31H44O2Si. The van der Waals surface area contributed by atoms with E-state index in [1.165, 1.54) is 22.4 Å². The summed E-state index contributed by atoms with van der Waals surface area (Å²) >= 11 is 0. The molecule has 0 spiro atoms. The van der Waals surface area contributed by atoms with Crippen LogP contribution in [-0.4, -0.2) is 20.7 Å². The molecule has 1 saturated carbocycles. The predicted molar refractivity (Wildman–Crippen MR) is 147 cm³/mol. The van der Waals surface area contributed by atoms with Crippen molar-refractivity contribution in [2.24, 2.45) is 11.3 Å². The third-order valence-electron chi connectivity index (χ3n) is 7.76. The van der Waals surface area contributed by atoms with Crippen molar-refractivity contribution in [1.82, 2.24) is 0 Å². The summed E-state index contributed by atoms with van der Waals surface area (Å²) in [6.45, 7) is 14.2. The van der Waals surface area contributed by atoms with Crippen molar-refractivity contribution in [3.05, 3.63) is 72.3 Å². The summed E-state index contributed by atoms with van der Waals surface area (Å²) in [5, 5.41) is 2.67. The molecule has 3 heteroatoms. The van der Waals surface area contributed by atoms with Crippen LogP contribution in [0.15, 0.2) is 72.3 Å². The average Bonchev–Trinajstić information content (AvgIpc) is 2.82. The summed E-state index contributed by atoms with van der Waals surface area (Å²) in [7, 11) is -2.46. The van der Waals surface area contributed by atoms with Crippen LogP contribution in [0.3, 0.4) is 0 Å². The summed E-state index contributed by atoms with van der Waals surface area (Å²) < 4.78 is 7.02. The summed E-state index contributed by atoms with van der Waals surface area (Å²) in [4.78, 5) is 12.7. The maximum absolute atomic E-state index is 12.7. The minimum Gasteiger partial charge on any atom is -0.407 e. The second-order valence-corrected chi connectivity index (χ2v) is 15.9. The molecule has 2 nitrogen and oxygen atoms in total. The number of allylic oxidation sites excluding steroid dienone is 2. The van der Waals surface area contributed by atoms with Gasteiger partial charge >= 0.3 is 0 Å². The van der Waals surface area contributed by atoms with Crippen molar-refractivity contribution in [3.8, 4) is 0 Å². The van der Waals surface area contributed by atoms with Crippen molar-refractivity contribution in [2.45, 2.75) is 85.1 Å². The Balaban J connectivity index is 1.71. The zero-order valence-electron chi connectivity index (χ0n) is 22.2. The van der Waals surface area contributed by atoms with Crippen LogP contribution in [0.2, 0.25) is 5.04 Å². The molecule has 184 valence electrons. The first-order valence-corrected chi connectivity index (χ1v) is 15.0. The lowest BCUT2D eigenvalue weighted by atomic mass is 9.68. The van der Waals surface area contributed by atoms with Gasteiger partial charge in [0, 0.05) is 17.9 Å². The molecule has 0 radical (unpaired) electrons. The van der Waals surface area contributed by atoms with Crippen molar-refractivity contribution in [2.75, 3.05) is 6.61 Å². The van der Waals surface area contributed by atoms with Crippen LogP contribution >= 0.6 is 0 Å². The lowest BCUT2D eigenvalue weighted by Gasteiger charge is -2.43. The Morgan fingerprint density at radius 1 is 1.06 bits per heavy atom. The van der Waals surface area contributed by atoms with Gasteiger partial charge in [0.2, 0.25) is 0 Å². The fourth-order valence-electron chi connectivity index (χ4n) is 5.69. The van der Waals surface area contributed by atoms with Gasteiger partial charge in [-0.3, -0.25) is 4.79 Å². The van der Waals surface area contributed by atoms with Gasteiger partial charge in [0.05, 0.1) is 0 Å². The largest absolute Gasteiger partial charge is 0.407 e. The third-order valence-corrected chi connectivity index (χ3v) is 12.8. The van der Waals surface area contributed by atoms with Gasteiger partial charge in [-0.2, -0.15) is 0 Å². The molecule has 3 rings (SSSR count). The van der Waals surface area contributed by atoms with E-state index in [2.05, 4.69) is 108 Å². The molecule has 0 aliphatic heterocycles. The number of Topliss-reactive ketones (excluding diaryl/α,β-unsaturated/α-hetero) is 1. The van der Waals surface area contributed by atoms with Gasteiger partial charge in [0.1, 0.15) is 5.78 Å². The molecule has 0 bridgehead atoms. The molecule has 34 heavy (non-hydrogen) atoms. The van der Waals surface area contributed by atoms with Crippen LogP contribution in [0.25, 0.3) is 0 Å². The van der Waals surface area contributed by atoms with E-state index in [1.807, 2.05) is 0 Å². The molecule has 1 aliphatic rings. The molecule has 0 amide bonds. The molecule has 1 aliphatic carbocycles. The molecule has 0 aromatic heterocycles. The molecule has 1 fully saturated rings. The van der Waals surface area contributed by atoms with Gasteiger partial charge in [-0.1, -0.05) is 113 Å². The molecule has 0 heterocycles. The van der Waals surface area contributed by atoms with E-state index in [4.69, 9.17) is 4.43 Å². The second-order valence-electron chi connectivity index (χ2n) is 11.6. The number of hydrogen-bond acceptors (Lipinski definition) is 2. The van der Waals surface area contributed by atoms with Gasteiger partial charge < -0.3 is 4.43 Å². The molecular weight excluding hydrogens is 432 g/mol. The number of carbonyl (C=O) groups is 1. The van der Waals surface area contributed by atoms with Crippen LogP contribution < -0.4 is 10.4 Å². The van der Waals surface area contributed by atoms with Gasteiger partial charge in [0.15, 0.2) is 0 Å². The molecule has 2 unspecified atom stereocenters. The van der Waals surface area contributed by atoms with E-state index in [9.17, 15) is 4.79 Å². The normalized spacial score (nSPS) is 22.1. The number of carbonyl (C=O) groups excluding carboxylic acids is 1. The second kappa shape index (κ2) is 11.2. The monoisotopic (exact) mass is 476 g/mol. The number of benzene rings is 2. The first-order valence-electron chi connectivity index (χ1n) is 13.1. The fourth-order valence-corrected chi connectivity index (χ4v) is 10.3. The summed E-state index contributed by atoms with van der Waals surface area (Å²) in [6, 6.07) is 21.7. The van der Waals surface area contributed by atoms with Crippen LogP contribution in [0, 0.1) is 11.3 Å². The minimum absolute atomic E-state index is 0.00716. The van der Waals surface area contributed by atoms with E-state index in [0.717, 1.165) is 38.7 Å². The Bertz CT molecular complexity index is 918. The first kappa shape index (κ1) is 26.6. The van der Waals surface area contributed by atoms with Crippen LogP contribution in [0.1, 0.15) is 80.1 Å². The van der Waals surface area contributed by atoms with E-state index < -0.39 is 8.32 Å². The van der Waals surface area contributed by atoms with Crippen LogP contribution in [-0.2, 0) is 9.22 Å². The number of hydrogen-bond donors (Lipinski definition) is 0. The van der Waals surface area contributed by atoms with E-state index >= 15 is 0 Å². The number of ketones is 1. The van der Waals surface area contributed by atoms with E-state index in [1.54, 1.807) is 0 Å². The Morgan fingerprint density at radius 3 is 2.15 bits per heavy atom. The lowest BCUT2D eigenvalue weighted by Crippen LogP contribution is -2.66. The van der Waals surface area contributed by atoms with Crippen molar-refractivity contribution < 1.29 is 9.22 Å². The van der Waals surface area contributed by atoms with Crippen LogP contribution in [0.5, 0.6) is 0 Å².